The first-order valence-corrected chi connectivity index (χ1v) is 7.78. The zero-order valence-corrected chi connectivity index (χ0v) is 13.5. The van der Waals surface area contributed by atoms with Crippen molar-refractivity contribution < 1.29 is 5.11 Å². The molecule has 106 valence electrons. The minimum atomic E-state index is -0.428. The number of rotatable bonds is 3. The summed E-state index contributed by atoms with van der Waals surface area (Å²) in [6.07, 6.45) is -0.428. The third kappa shape index (κ3) is 3.30. The average Bonchev–Trinajstić information content (AvgIpc) is 2.38. The zero-order valence-electron chi connectivity index (χ0n) is 11.9. The standard InChI is InChI=1S/C15H23BrN2O/c1-4-17-7-8-18(10-11(17)2)15-9-13(16)5-6-14(15)12(3)19/h5-6,9,11-12,19H,4,7-8,10H2,1-3H3. The summed E-state index contributed by atoms with van der Waals surface area (Å²) in [7, 11) is 0. The molecule has 1 aromatic rings. The maximum absolute atomic E-state index is 9.94. The van der Waals surface area contributed by atoms with Crippen LogP contribution in [0.4, 0.5) is 5.69 Å². The lowest BCUT2D eigenvalue weighted by atomic mass is 10.1. The van der Waals surface area contributed by atoms with E-state index in [1.165, 1.54) is 0 Å². The van der Waals surface area contributed by atoms with E-state index in [1.54, 1.807) is 0 Å². The Kier molecular flexibility index (Phi) is 4.87. The monoisotopic (exact) mass is 326 g/mol. The summed E-state index contributed by atoms with van der Waals surface area (Å²) < 4.78 is 1.07. The summed E-state index contributed by atoms with van der Waals surface area (Å²) in [5, 5.41) is 9.94. The van der Waals surface area contributed by atoms with Crippen molar-refractivity contribution in [2.75, 3.05) is 31.1 Å². The molecule has 2 atom stereocenters. The van der Waals surface area contributed by atoms with E-state index >= 15 is 0 Å². The number of aliphatic hydroxyl groups excluding tert-OH is 1. The van der Waals surface area contributed by atoms with Crippen LogP contribution in [0.15, 0.2) is 22.7 Å². The number of nitrogens with zero attached hydrogens (tertiary/aromatic N) is 2. The summed E-state index contributed by atoms with van der Waals surface area (Å²) in [6, 6.07) is 6.69. The molecule has 3 nitrogen and oxygen atoms in total. The predicted octanol–water partition coefficient (Wildman–Crippen LogP) is 3.03. The van der Waals surface area contributed by atoms with Crippen molar-refractivity contribution in [3.05, 3.63) is 28.2 Å². The number of benzene rings is 1. The van der Waals surface area contributed by atoms with Crippen LogP contribution in [0.3, 0.4) is 0 Å². The van der Waals surface area contributed by atoms with Crippen LogP contribution in [-0.2, 0) is 0 Å². The molecule has 2 unspecified atom stereocenters. The smallest absolute Gasteiger partial charge is 0.0782 e. The highest BCUT2D eigenvalue weighted by Crippen LogP contribution is 2.31. The third-order valence-electron chi connectivity index (χ3n) is 3.95. The third-order valence-corrected chi connectivity index (χ3v) is 4.45. The molecule has 0 radical (unpaired) electrons. The van der Waals surface area contributed by atoms with Gasteiger partial charge in [0, 0.05) is 41.4 Å². The molecule has 1 saturated heterocycles. The minimum absolute atomic E-state index is 0.428. The number of halogens is 1. The summed E-state index contributed by atoms with van der Waals surface area (Å²) >= 11 is 3.53. The minimum Gasteiger partial charge on any atom is -0.389 e. The van der Waals surface area contributed by atoms with E-state index in [4.69, 9.17) is 0 Å². The van der Waals surface area contributed by atoms with Crippen molar-refractivity contribution in [1.29, 1.82) is 0 Å². The molecule has 0 bridgehead atoms. The number of hydrogen-bond donors (Lipinski definition) is 1. The van der Waals surface area contributed by atoms with Crippen molar-refractivity contribution in [1.82, 2.24) is 4.90 Å². The van der Waals surface area contributed by atoms with Gasteiger partial charge in [-0.25, -0.2) is 0 Å². The molecular formula is C15H23BrN2O. The van der Waals surface area contributed by atoms with Gasteiger partial charge in [0.05, 0.1) is 6.10 Å². The summed E-state index contributed by atoms with van der Waals surface area (Å²) in [5.74, 6) is 0. The second-order valence-corrected chi connectivity index (χ2v) is 6.22. The molecule has 2 rings (SSSR count). The molecule has 0 saturated carbocycles. The molecule has 1 heterocycles. The fraction of sp³-hybridized carbons (Fsp3) is 0.600. The Bertz CT molecular complexity index is 436. The Balaban J connectivity index is 2.24. The van der Waals surface area contributed by atoms with E-state index in [9.17, 15) is 5.11 Å². The summed E-state index contributed by atoms with van der Waals surface area (Å²) in [4.78, 5) is 4.89. The molecule has 0 aliphatic carbocycles. The quantitative estimate of drug-likeness (QED) is 0.924. The molecule has 1 aliphatic heterocycles. The van der Waals surface area contributed by atoms with Crippen LogP contribution in [0.25, 0.3) is 0 Å². The molecule has 0 spiro atoms. The zero-order chi connectivity index (χ0) is 14.0. The Labute approximate surface area is 124 Å². The van der Waals surface area contributed by atoms with E-state index in [1.807, 2.05) is 19.1 Å². The largest absolute Gasteiger partial charge is 0.389 e. The Morgan fingerprint density at radius 2 is 2.16 bits per heavy atom. The molecule has 0 aromatic heterocycles. The first-order chi connectivity index (χ1) is 9.02. The van der Waals surface area contributed by atoms with E-state index in [2.05, 4.69) is 45.6 Å². The van der Waals surface area contributed by atoms with Gasteiger partial charge in [0.15, 0.2) is 0 Å². The number of hydrogen-bond acceptors (Lipinski definition) is 3. The van der Waals surface area contributed by atoms with Crippen molar-refractivity contribution >= 4 is 21.6 Å². The molecule has 0 amide bonds. The van der Waals surface area contributed by atoms with Crippen LogP contribution in [0.5, 0.6) is 0 Å². The van der Waals surface area contributed by atoms with E-state index in [-0.39, 0.29) is 0 Å². The molecule has 1 N–H and O–H groups in total. The summed E-state index contributed by atoms with van der Waals surface area (Å²) in [6.45, 7) is 10.6. The second kappa shape index (κ2) is 6.25. The summed E-state index contributed by atoms with van der Waals surface area (Å²) in [5.41, 5.74) is 2.17. The number of anilines is 1. The normalized spacial score (nSPS) is 22.6. The first-order valence-electron chi connectivity index (χ1n) is 6.99. The van der Waals surface area contributed by atoms with Crippen LogP contribution in [0.1, 0.15) is 32.4 Å². The van der Waals surface area contributed by atoms with Gasteiger partial charge < -0.3 is 10.0 Å². The fourth-order valence-corrected chi connectivity index (χ4v) is 3.18. The Morgan fingerprint density at radius 1 is 1.42 bits per heavy atom. The highest BCUT2D eigenvalue weighted by Gasteiger charge is 2.24. The van der Waals surface area contributed by atoms with Gasteiger partial charge in [-0.2, -0.15) is 0 Å². The van der Waals surface area contributed by atoms with Gasteiger partial charge in [-0.15, -0.1) is 0 Å². The van der Waals surface area contributed by atoms with Crippen molar-refractivity contribution in [2.24, 2.45) is 0 Å². The molecule has 1 aliphatic rings. The van der Waals surface area contributed by atoms with Crippen molar-refractivity contribution in [3.8, 4) is 0 Å². The van der Waals surface area contributed by atoms with Crippen LogP contribution in [0, 0.1) is 0 Å². The lowest BCUT2D eigenvalue weighted by Crippen LogP contribution is -2.52. The number of likely N-dealkylation sites (N-methyl/N-ethyl adjacent to an activating group) is 1. The molecule has 4 heteroatoms. The van der Waals surface area contributed by atoms with E-state index < -0.39 is 6.10 Å². The van der Waals surface area contributed by atoms with E-state index in [0.29, 0.717) is 6.04 Å². The Morgan fingerprint density at radius 3 is 2.74 bits per heavy atom. The number of piperazine rings is 1. The molecular weight excluding hydrogens is 304 g/mol. The maximum Gasteiger partial charge on any atom is 0.0782 e. The lowest BCUT2D eigenvalue weighted by molar-refractivity contribution is 0.192. The Hall–Kier alpha value is -0.580. The SMILES string of the molecule is CCN1CCN(c2cc(Br)ccc2C(C)O)CC1C. The van der Waals surface area contributed by atoms with Crippen LogP contribution in [-0.4, -0.2) is 42.2 Å². The van der Waals surface area contributed by atoms with Gasteiger partial charge in [0.1, 0.15) is 0 Å². The van der Waals surface area contributed by atoms with Crippen molar-refractivity contribution in [2.45, 2.75) is 32.9 Å². The molecule has 1 fully saturated rings. The van der Waals surface area contributed by atoms with Gasteiger partial charge in [-0.3, -0.25) is 4.90 Å². The second-order valence-electron chi connectivity index (χ2n) is 5.30. The first kappa shape index (κ1) is 14.8. The maximum atomic E-state index is 9.94. The molecule has 19 heavy (non-hydrogen) atoms. The van der Waals surface area contributed by atoms with Gasteiger partial charge in [-0.1, -0.05) is 28.9 Å². The van der Waals surface area contributed by atoms with Crippen molar-refractivity contribution in [3.63, 3.8) is 0 Å². The van der Waals surface area contributed by atoms with Gasteiger partial charge in [0.25, 0.3) is 0 Å². The highest BCUT2D eigenvalue weighted by molar-refractivity contribution is 9.10. The van der Waals surface area contributed by atoms with Crippen LogP contribution < -0.4 is 4.90 Å². The lowest BCUT2D eigenvalue weighted by Gasteiger charge is -2.41. The molecule has 1 aromatic carbocycles. The topological polar surface area (TPSA) is 26.7 Å². The van der Waals surface area contributed by atoms with E-state index in [0.717, 1.165) is 41.9 Å². The van der Waals surface area contributed by atoms with Gasteiger partial charge in [0.2, 0.25) is 0 Å². The highest BCUT2D eigenvalue weighted by atomic mass is 79.9. The van der Waals surface area contributed by atoms with Gasteiger partial charge >= 0.3 is 0 Å². The predicted molar refractivity (Wildman–Crippen MR) is 83.7 cm³/mol. The average molecular weight is 327 g/mol. The fourth-order valence-electron chi connectivity index (χ4n) is 2.83. The number of aliphatic hydroxyl groups is 1. The van der Waals surface area contributed by atoms with Gasteiger partial charge in [-0.05, 0) is 32.5 Å². The van der Waals surface area contributed by atoms with Crippen LogP contribution >= 0.6 is 15.9 Å². The van der Waals surface area contributed by atoms with Crippen LogP contribution in [0.2, 0.25) is 0 Å².